The minimum absolute atomic E-state index is 0.192. The number of rotatable bonds is 7. The van der Waals surface area contributed by atoms with E-state index in [9.17, 15) is 4.79 Å². The van der Waals surface area contributed by atoms with Gasteiger partial charge in [0.1, 0.15) is 5.75 Å². The molecule has 1 heterocycles. The van der Waals surface area contributed by atoms with Gasteiger partial charge in [0.2, 0.25) is 0 Å². The average molecular weight is 370 g/mol. The molecule has 27 heavy (non-hydrogen) atoms. The standard InChI is InChI=1S/C20H22N2O5/c1-2-24-17-7-4-15(5-8-17)13-21-27-14-20(23)22-16-6-9-18-19(12-16)26-11-3-10-25-18/h4-9,12-13H,2-3,10-11,14H2,1H3,(H,22,23). The summed E-state index contributed by atoms with van der Waals surface area (Å²) in [7, 11) is 0. The lowest BCUT2D eigenvalue weighted by Crippen LogP contribution is -2.17. The summed E-state index contributed by atoms with van der Waals surface area (Å²) in [5, 5.41) is 6.55. The fraction of sp³-hybridized carbons (Fsp3) is 0.300. The number of nitrogens with zero attached hydrogens (tertiary/aromatic N) is 1. The lowest BCUT2D eigenvalue weighted by atomic mass is 10.2. The van der Waals surface area contributed by atoms with Crippen molar-refractivity contribution in [3.05, 3.63) is 48.0 Å². The maximum absolute atomic E-state index is 12.0. The molecule has 142 valence electrons. The van der Waals surface area contributed by atoms with Crippen molar-refractivity contribution in [2.24, 2.45) is 5.16 Å². The Morgan fingerprint density at radius 3 is 2.70 bits per heavy atom. The molecule has 1 aliphatic heterocycles. The Labute approximate surface area is 157 Å². The van der Waals surface area contributed by atoms with Crippen LogP contribution in [0.1, 0.15) is 18.9 Å². The lowest BCUT2D eigenvalue weighted by Gasteiger charge is -2.10. The normalized spacial score (nSPS) is 13.1. The van der Waals surface area contributed by atoms with Crippen molar-refractivity contribution in [3.8, 4) is 17.2 Å². The number of hydrogen-bond donors (Lipinski definition) is 1. The Bertz CT molecular complexity index is 789. The summed E-state index contributed by atoms with van der Waals surface area (Å²) >= 11 is 0. The summed E-state index contributed by atoms with van der Waals surface area (Å²) < 4.78 is 16.5. The second kappa shape index (κ2) is 9.47. The van der Waals surface area contributed by atoms with E-state index in [1.807, 2.05) is 31.2 Å². The zero-order chi connectivity index (χ0) is 18.9. The van der Waals surface area contributed by atoms with Gasteiger partial charge in [0.25, 0.3) is 5.91 Å². The molecule has 1 amide bonds. The molecule has 0 aromatic heterocycles. The second-order valence-electron chi connectivity index (χ2n) is 5.77. The topological polar surface area (TPSA) is 78.4 Å². The zero-order valence-electron chi connectivity index (χ0n) is 15.1. The van der Waals surface area contributed by atoms with Crippen LogP contribution >= 0.6 is 0 Å². The third kappa shape index (κ3) is 5.64. The number of oxime groups is 1. The summed E-state index contributed by atoms with van der Waals surface area (Å²) in [5.74, 6) is 1.79. The molecular weight excluding hydrogens is 348 g/mol. The Morgan fingerprint density at radius 2 is 1.93 bits per heavy atom. The molecule has 7 nitrogen and oxygen atoms in total. The van der Waals surface area contributed by atoms with Gasteiger partial charge in [-0.05, 0) is 48.9 Å². The van der Waals surface area contributed by atoms with Crippen LogP contribution in [-0.2, 0) is 9.63 Å². The van der Waals surface area contributed by atoms with Crippen molar-refractivity contribution in [1.29, 1.82) is 0 Å². The van der Waals surface area contributed by atoms with Gasteiger partial charge >= 0.3 is 0 Å². The number of anilines is 1. The number of carbonyl (C=O) groups excluding carboxylic acids is 1. The van der Waals surface area contributed by atoms with Crippen LogP contribution in [0.15, 0.2) is 47.6 Å². The molecule has 0 fully saturated rings. The highest BCUT2D eigenvalue weighted by Crippen LogP contribution is 2.32. The van der Waals surface area contributed by atoms with E-state index in [0.717, 1.165) is 17.7 Å². The minimum Gasteiger partial charge on any atom is -0.494 e. The van der Waals surface area contributed by atoms with Gasteiger partial charge in [0, 0.05) is 18.2 Å². The van der Waals surface area contributed by atoms with Gasteiger partial charge in [-0.25, -0.2) is 0 Å². The number of hydrogen-bond acceptors (Lipinski definition) is 6. The Morgan fingerprint density at radius 1 is 1.15 bits per heavy atom. The molecule has 0 saturated heterocycles. The van der Waals surface area contributed by atoms with E-state index in [1.165, 1.54) is 6.21 Å². The Balaban J connectivity index is 1.46. The van der Waals surface area contributed by atoms with Crippen LogP contribution in [0.4, 0.5) is 5.69 Å². The first-order valence-electron chi connectivity index (χ1n) is 8.82. The lowest BCUT2D eigenvalue weighted by molar-refractivity contribution is -0.120. The molecule has 1 N–H and O–H groups in total. The molecule has 0 radical (unpaired) electrons. The Kier molecular flexibility index (Phi) is 6.51. The van der Waals surface area contributed by atoms with E-state index in [0.29, 0.717) is 37.0 Å². The minimum atomic E-state index is -0.312. The first-order chi connectivity index (χ1) is 13.2. The summed E-state index contributed by atoms with van der Waals surface area (Å²) in [6.45, 7) is 3.57. The molecule has 0 atom stereocenters. The summed E-state index contributed by atoms with van der Waals surface area (Å²) in [6, 6.07) is 12.7. The summed E-state index contributed by atoms with van der Waals surface area (Å²) in [4.78, 5) is 17.0. The first kappa shape index (κ1) is 18.6. The number of carbonyl (C=O) groups is 1. The first-order valence-corrected chi connectivity index (χ1v) is 8.82. The fourth-order valence-electron chi connectivity index (χ4n) is 2.45. The van der Waals surface area contributed by atoms with Crippen molar-refractivity contribution in [2.75, 3.05) is 31.7 Å². The van der Waals surface area contributed by atoms with Gasteiger partial charge in [-0.2, -0.15) is 0 Å². The van der Waals surface area contributed by atoms with E-state index in [1.54, 1.807) is 18.2 Å². The van der Waals surface area contributed by atoms with Gasteiger partial charge in [-0.3, -0.25) is 4.79 Å². The number of benzene rings is 2. The molecule has 0 saturated carbocycles. The second-order valence-corrected chi connectivity index (χ2v) is 5.77. The van der Waals surface area contributed by atoms with Crippen LogP contribution in [0.2, 0.25) is 0 Å². The van der Waals surface area contributed by atoms with E-state index in [2.05, 4.69) is 10.5 Å². The van der Waals surface area contributed by atoms with Crippen LogP contribution in [0.25, 0.3) is 0 Å². The summed E-state index contributed by atoms with van der Waals surface area (Å²) in [5.41, 5.74) is 1.46. The molecule has 2 aromatic carbocycles. The molecule has 1 aliphatic rings. The third-order valence-corrected chi connectivity index (χ3v) is 3.69. The maximum Gasteiger partial charge on any atom is 0.265 e. The van der Waals surface area contributed by atoms with Gasteiger partial charge in [-0.1, -0.05) is 5.16 Å². The quantitative estimate of drug-likeness (QED) is 0.598. The van der Waals surface area contributed by atoms with Gasteiger partial charge < -0.3 is 24.4 Å². The molecule has 0 spiro atoms. The highest BCUT2D eigenvalue weighted by atomic mass is 16.6. The van der Waals surface area contributed by atoms with E-state index < -0.39 is 0 Å². The van der Waals surface area contributed by atoms with E-state index in [-0.39, 0.29) is 12.5 Å². The molecule has 0 aliphatic carbocycles. The fourth-order valence-corrected chi connectivity index (χ4v) is 2.45. The largest absolute Gasteiger partial charge is 0.494 e. The van der Waals surface area contributed by atoms with Gasteiger partial charge in [0.15, 0.2) is 18.1 Å². The van der Waals surface area contributed by atoms with Crippen molar-refractivity contribution in [3.63, 3.8) is 0 Å². The van der Waals surface area contributed by atoms with Gasteiger partial charge in [-0.15, -0.1) is 0 Å². The van der Waals surface area contributed by atoms with Crippen molar-refractivity contribution in [1.82, 2.24) is 0 Å². The maximum atomic E-state index is 12.0. The van der Waals surface area contributed by atoms with Crippen LogP contribution in [0.5, 0.6) is 17.2 Å². The van der Waals surface area contributed by atoms with Crippen molar-refractivity contribution in [2.45, 2.75) is 13.3 Å². The highest BCUT2D eigenvalue weighted by Gasteiger charge is 2.12. The van der Waals surface area contributed by atoms with Crippen molar-refractivity contribution >= 4 is 17.8 Å². The molecule has 0 unspecified atom stereocenters. The van der Waals surface area contributed by atoms with Crippen LogP contribution in [0, 0.1) is 0 Å². The molecule has 0 bridgehead atoms. The molecule has 7 heteroatoms. The number of amides is 1. The number of nitrogens with one attached hydrogen (secondary N) is 1. The Hall–Kier alpha value is -3.22. The van der Waals surface area contributed by atoms with E-state index >= 15 is 0 Å². The predicted octanol–water partition coefficient (Wildman–Crippen LogP) is 3.24. The molecular formula is C20H22N2O5. The summed E-state index contributed by atoms with van der Waals surface area (Å²) in [6.07, 6.45) is 2.37. The smallest absolute Gasteiger partial charge is 0.265 e. The van der Waals surface area contributed by atoms with Crippen molar-refractivity contribution < 1.29 is 23.8 Å². The van der Waals surface area contributed by atoms with Gasteiger partial charge in [0.05, 0.1) is 26.0 Å². The number of fused-ring (bicyclic) bond motifs is 1. The monoisotopic (exact) mass is 370 g/mol. The zero-order valence-corrected chi connectivity index (χ0v) is 15.1. The van der Waals surface area contributed by atoms with E-state index in [4.69, 9.17) is 19.0 Å². The van der Waals surface area contributed by atoms with Crippen LogP contribution in [0.3, 0.4) is 0 Å². The molecule has 2 aromatic rings. The van der Waals surface area contributed by atoms with Crippen LogP contribution < -0.4 is 19.5 Å². The SMILES string of the molecule is CCOc1ccc(C=NOCC(=O)Nc2ccc3c(c2)OCCCO3)cc1. The highest BCUT2D eigenvalue weighted by molar-refractivity contribution is 5.92. The number of ether oxygens (including phenoxy) is 3. The predicted molar refractivity (Wildman–Crippen MR) is 102 cm³/mol. The average Bonchev–Trinajstić information content (AvgIpc) is 2.92. The third-order valence-electron chi connectivity index (χ3n) is 3.69. The van der Waals surface area contributed by atoms with Crippen LogP contribution in [-0.4, -0.2) is 38.5 Å². The molecule has 3 rings (SSSR count).